The molecule has 138 valence electrons. The molecular weight excluding hydrogens is 324 g/mol. The van der Waals surface area contributed by atoms with Crippen molar-refractivity contribution >= 4 is 11.6 Å². The number of nitrogens with zero attached hydrogens (tertiary/aromatic N) is 2. The lowest BCUT2D eigenvalue weighted by Crippen LogP contribution is -2.47. The summed E-state index contributed by atoms with van der Waals surface area (Å²) in [5, 5.41) is 6.89. The summed E-state index contributed by atoms with van der Waals surface area (Å²) in [6.07, 6.45) is 1.16. The van der Waals surface area contributed by atoms with Crippen molar-refractivity contribution in [2.45, 2.75) is 25.5 Å². The molecule has 1 aliphatic heterocycles. The Hall–Kier alpha value is -2.69. The van der Waals surface area contributed by atoms with Crippen molar-refractivity contribution in [1.82, 2.24) is 10.6 Å². The number of benzene rings is 2. The van der Waals surface area contributed by atoms with Gasteiger partial charge in [-0.25, -0.2) is 0 Å². The van der Waals surface area contributed by atoms with Gasteiger partial charge in [0.1, 0.15) is 11.9 Å². The van der Waals surface area contributed by atoms with Crippen LogP contribution in [0.1, 0.15) is 13.3 Å². The maximum atomic E-state index is 5.90. The summed E-state index contributed by atoms with van der Waals surface area (Å²) in [7, 11) is 1.81. The number of hydrogen-bond acceptors (Lipinski definition) is 3. The van der Waals surface area contributed by atoms with Crippen LogP contribution in [0, 0.1) is 0 Å². The monoisotopic (exact) mass is 352 g/mol. The van der Waals surface area contributed by atoms with Crippen LogP contribution in [0.3, 0.4) is 0 Å². The van der Waals surface area contributed by atoms with Crippen molar-refractivity contribution in [2.24, 2.45) is 4.99 Å². The highest BCUT2D eigenvalue weighted by molar-refractivity contribution is 5.80. The molecule has 0 bridgehead atoms. The predicted molar refractivity (Wildman–Crippen MR) is 108 cm³/mol. The highest BCUT2D eigenvalue weighted by Crippen LogP contribution is 2.19. The van der Waals surface area contributed by atoms with Crippen LogP contribution in [0.2, 0.25) is 0 Å². The van der Waals surface area contributed by atoms with Crippen LogP contribution in [0.5, 0.6) is 5.75 Å². The zero-order chi connectivity index (χ0) is 18.2. The van der Waals surface area contributed by atoms with Crippen LogP contribution in [0.4, 0.5) is 5.69 Å². The molecule has 5 heteroatoms. The van der Waals surface area contributed by atoms with Gasteiger partial charge in [0.15, 0.2) is 5.96 Å². The Bertz CT molecular complexity index is 690. The van der Waals surface area contributed by atoms with Crippen LogP contribution in [-0.2, 0) is 0 Å². The summed E-state index contributed by atoms with van der Waals surface area (Å²) >= 11 is 0. The van der Waals surface area contributed by atoms with E-state index in [9.17, 15) is 0 Å². The van der Waals surface area contributed by atoms with E-state index < -0.39 is 0 Å². The van der Waals surface area contributed by atoms with Crippen molar-refractivity contribution < 1.29 is 4.74 Å². The van der Waals surface area contributed by atoms with E-state index in [1.165, 1.54) is 5.69 Å². The molecule has 0 aromatic heterocycles. The molecule has 26 heavy (non-hydrogen) atoms. The van der Waals surface area contributed by atoms with Gasteiger partial charge in [-0.05, 0) is 37.6 Å². The Morgan fingerprint density at radius 3 is 2.54 bits per heavy atom. The molecule has 2 aromatic carbocycles. The molecule has 3 rings (SSSR count). The molecule has 1 aliphatic rings. The summed E-state index contributed by atoms with van der Waals surface area (Å²) < 4.78 is 5.90. The number of guanidine groups is 1. The average Bonchev–Trinajstić information content (AvgIpc) is 3.15. The average molecular weight is 352 g/mol. The number of para-hydroxylation sites is 2. The second kappa shape index (κ2) is 9.13. The Labute approximate surface area is 156 Å². The van der Waals surface area contributed by atoms with E-state index >= 15 is 0 Å². The normalized spacial score (nSPS) is 18.5. The third-order valence-electron chi connectivity index (χ3n) is 4.51. The first-order chi connectivity index (χ1) is 12.7. The summed E-state index contributed by atoms with van der Waals surface area (Å²) in [4.78, 5) is 6.76. The topological polar surface area (TPSA) is 48.9 Å². The summed E-state index contributed by atoms with van der Waals surface area (Å²) in [5.41, 5.74) is 1.28. The van der Waals surface area contributed by atoms with E-state index in [-0.39, 0.29) is 6.10 Å². The number of nitrogens with one attached hydrogen (secondary N) is 2. The van der Waals surface area contributed by atoms with Crippen LogP contribution in [0.25, 0.3) is 0 Å². The Kier molecular flexibility index (Phi) is 6.36. The van der Waals surface area contributed by atoms with Crippen LogP contribution >= 0.6 is 0 Å². The summed E-state index contributed by atoms with van der Waals surface area (Å²) in [6.45, 7) is 4.80. The number of anilines is 1. The Morgan fingerprint density at radius 1 is 1.15 bits per heavy atom. The first kappa shape index (κ1) is 18.1. The van der Waals surface area contributed by atoms with Crippen LogP contribution in [0.15, 0.2) is 65.7 Å². The summed E-state index contributed by atoms with van der Waals surface area (Å²) in [6, 6.07) is 20.9. The molecule has 5 nitrogen and oxygen atoms in total. The van der Waals surface area contributed by atoms with E-state index in [0.29, 0.717) is 12.6 Å². The molecule has 0 amide bonds. The third kappa shape index (κ3) is 5.15. The van der Waals surface area contributed by atoms with Crippen molar-refractivity contribution in [3.05, 3.63) is 60.7 Å². The molecule has 1 saturated heterocycles. The maximum Gasteiger partial charge on any atom is 0.191 e. The van der Waals surface area contributed by atoms with E-state index in [0.717, 1.165) is 31.2 Å². The van der Waals surface area contributed by atoms with E-state index in [1.807, 2.05) is 37.4 Å². The SMILES string of the molecule is CN=C(NCC(C)Oc1ccccc1)NC1CCN(c2ccccc2)C1. The van der Waals surface area contributed by atoms with Gasteiger partial charge in [0.05, 0.1) is 6.54 Å². The number of aliphatic imine (C=N–C) groups is 1. The number of hydrogen-bond donors (Lipinski definition) is 2. The highest BCUT2D eigenvalue weighted by atomic mass is 16.5. The van der Waals surface area contributed by atoms with Crippen molar-refractivity contribution in [3.63, 3.8) is 0 Å². The number of ether oxygens (including phenoxy) is 1. The first-order valence-electron chi connectivity index (χ1n) is 9.23. The fraction of sp³-hybridized carbons (Fsp3) is 0.381. The van der Waals surface area contributed by atoms with E-state index in [1.54, 1.807) is 0 Å². The highest BCUT2D eigenvalue weighted by Gasteiger charge is 2.23. The molecule has 0 aliphatic carbocycles. The second-order valence-electron chi connectivity index (χ2n) is 6.61. The zero-order valence-corrected chi connectivity index (χ0v) is 15.6. The van der Waals surface area contributed by atoms with Crippen molar-refractivity contribution in [2.75, 3.05) is 31.6 Å². The molecule has 2 N–H and O–H groups in total. The van der Waals surface area contributed by atoms with Crippen LogP contribution in [-0.4, -0.2) is 44.8 Å². The van der Waals surface area contributed by atoms with Gasteiger partial charge in [-0.3, -0.25) is 4.99 Å². The third-order valence-corrected chi connectivity index (χ3v) is 4.51. The largest absolute Gasteiger partial charge is 0.489 e. The van der Waals surface area contributed by atoms with Gasteiger partial charge in [0, 0.05) is 31.9 Å². The quantitative estimate of drug-likeness (QED) is 0.620. The predicted octanol–water partition coefficient (Wildman–Crippen LogP) is 2.90. The van der Waals surface area contributed by atoms with Crippen LogP contribution < -0.4 is 20.3 Å². The molecule has 2 unspecified atom stereocenters. The summed E-state index contributed by atoms with van der Waals surface area (Å²) in [5.74, 6) is 1.72. The minimum absolute atomic E-state index is 0.0559. The van der Waals surface area contributed by atoms with Gasteiger partial charge in [-0.1, -0.05) is 36.4 Å². The lowest BCUT2D eigenvalue weighted by atomic mass is 10.2. The van der Waals surface area contributed by atoms with Crippen molar-refractivity contribution in [3.8, 4) is 5.75 Å². The van der Waals surface area contributed by atoms with Gasteiger partial charge in [-0.2, -0.15) is 0 Å². The van der Waals surface area contributed by atoms with Crippen molar-refractivity contribution in [1.29, 1.82) is 0 Å². The van der Waals surface area contributed by atoms with Gasteiger partial charge >= 0.3 is 0 Å². The molecular formula is C21H28N4O. The standard InChI is InChI=1S/C21H28N4O/c1-17(26-20-11-7-4-8-12-20)15-23-21(22-2)24-18-13-14-25(16-18)19-9-5-3-6-10-19/h3-12,17-18H,13-16H2,1-2H3,(H2,22,23,24). The Morgan fingerprint density at radius 2 is 1.85 bits per heavy atom. The molecule has 1 heterocycles. The van der Waals surface area contributed by atoms with Gasteiger partial charge in [0.2, 0.25) is 0 Å². The minimum Gasteiger partial charge on any atom is -0.489 e. The lowest BCUT2D eigenvalue weighted by molar-refractivity contribution is 0.223. The van der Waals surface area contributed by atoms with Gasteiger partial charge in [-0.15, -0.1) is 0 Å². The smallest absolute Gasteiger partial charge is 0.191 e. The fourth-order valence-electron chi connectivity index (χ4n) is 3.15. The van der Waals surface area contributed by atoms with E-state index in [4.69, 9.17) is 4.74 Å². The Balaban J connectivity index is 1.43. The number of rotatable bonds is 6. The zero-order valence-electron chi connectivity index (χ0n) is 15.6. The van der Waals surface area contributed by atoms with E-state index in [2.05, 4.69) is 57.8 Å². The fourth-order valence-corrected chi connectivity index (χ4v) is 3.15. The first-order valence-corrected chi connectivity index (χ1v) is 9.23. The molecule has 0 radical (unpaired) electrons. The molecule has 2 aromatic rings. The molecule has 0 saturated carbocycles. The lowest BCUT2D eigenvalue weighted by Gasteiger charge is -2.21. The van der Waals surface area contributed by atoms with Gasteiger partial charge < -0.3 is 20.3 Å². The minimum atomic E-state index is 0.0559. The van der Waals surface area contributed by atoms with Gasteiger partial charge in [0.25, 0.3) is 0 Å². The molecule has 2 atom stereocenters. The second-order valence-corrected chi connectivity index (χ2v) is 6.61. The molecule has 1 fully saturated rings. The molecule has 0 spiro atoms. The maximum absolute atomic E-state index is 5.90.